The van der Waals surface area contributed by atoms with Crippen LogP contribution < -0.4 is 0 Å². The molecule has 0 saturated carbocycles. The van der Waals surface area contributed by atoms with E-state index in [1.807, 2.05) is 29.4 Å². The first-order valence-electron chi connectivity index (χ1n) is 6.48. The van der Waals surface area contributed by atoms with E-state index in [1.165, 1.54) is 0 Å². The predicted octanol–water partition coefficient (Wildman–Crippen LogP) is 2.24. The van der Waals surface area contributed by atoms with E-state index < -0.39 is 6.10 Å². The Morgan fingerprint density at radius 3 is 2.74 bits per heavy atom. The van der Waals surface area contributed by atoms with Crippen molar-refractivity contribution in [2.75, 3.05) is 0 Å². The molecule has 0 amide bonds. The van der Waals surface area contributed by atoms with Crippen molar-refractivity contribution in [3.8, 4) is 0 Å². The molecule has 0 aliphatic carbocycles. The van der Waals surface area contributed by atoms with E-state index in [1.54, 1.807) is 6.20 Å². The maximum absolute atomic E-state index is 10.4. The Balaban J connectivity index is 2.24. The lowest BCUT2D eigenvalue weighted by Crippen LogP contribution is -2.12. The summed E-state index contributed by atoms with van der Waals surface area (Å²) in [6, 6.07) is 1.86. The summed E-state index contributed by atoms with van der Waals surface area (Å²) in [4.78, 5) is 0. The van der Waals surface area contributed by atoms with Gasteiger partial charge in [-0.25, -0.2) is 0 Å². The first-order chi connectivity index (χ1) is 9.08. The van der Waals surface area contributed by atoms with Gasteiger partial charge in [0.05, 0.1) is 21.6 Å². The second-order valence-corrected chi connectivity index (χ2v) is 5.27. The first kappa shape index (κ1) is 14.3. The third-order valence-electron chi connectivity index (χ3n) is 3.28. The summed E-state index contributed by atoms with van der Waals surface area (Å²) >= 11 is 3.57. The smallest absolute Gasteiger partial charge is 0.101 e. The van der Waals surface area contributed by atoms with Crippen LogP contribution in [0.1, 0.15) is 37.0 Å². The minimum Gasteiger partial charge on any atom is -0.386 e. The molecule has 6 heteroatoms. The third-order valence-corrected chi connectivity index (χ3v) is 4.20. The molecule has 0 aliphatic heterocycles. The van der Waals surface area contributed by atoms with E-state index in [9.17, 15) is 5.11 Å². The average molecular weight is 327 g/mol. The molecule has 19 heavy (non-hydrogen) atoms. The molecule has 2 aromatic heterocycles. The lowest BCUT2D eigenvalue weighted by Gasteiger charge is -2.13. The van der Waals surface area contributed by atoms with Crippen LogP contribution in [0.3, 0.4) is 0 Å². The number of nitrogens with zero attached hydrogens (tertiary/aromatic N) is 4. The SMILES string of the molecule is CCc1nn(C)c(CC(O)c2ccnn2CC)c1Br. The van der Waals surface area contributed by atoms with Gasteiger partial charge in [-0.1, -0.05) is 6.92 Å². The van der Waals surface area contributed by atoms with Gasteiger partial charge in [0.1, 0.15) is 6.10 Å². The maximum Gasteiger partial charge on any atom is 0.101 e. The maximum atomic E-state index is 10.4. The van der Waals surface area contributed by atoms with Crippen molar-refractivity contribution in [1.82, 2.24) is 19.6 Å². The normalized spacial score (nSPS) is 12.9. The van der Waals surface area contributed by atoms with E-state index in [4.69, 9.17) is 0 Å². The highest BCUT2D eigenvalue weighted by molar-refractivity contribution is 9.10. The van der Waals surface area contributed by atoms with Crippen LogP contribution in [0.15, 0.2) is 16.7 Å². The first-order valence-corrected chi connectivity index (χ1v) is 7.27. The van der Waals surface area contributed by atoms with Crippen LogP contribution in [0.2, 0.25) is 0 Å². The number of aromatic nitrogens is 4. The lowest BCUT2D eigenvalue weighted by molar-refractivity contribution is 0.164. The summed E-state index contributed by atoms with van der Waals surface area (Å²) in [5.74, 6) is 0. The van der Waals surface area contributed by atoms with E-state index in [0.717, 1.165) is 34.5 Å². The Labute approximate surface area is 121 Å². The summed E-state index contributed by atoms with van der Waals surface area (Å²) in [6.07, 6.45) is 2.55. The van der Waals surface area contributed by atoms with E-state index in [-0.39, 0.29) is 0 Å². The molecule has 2 heterocycles. The van der Waals surface area contributed by atoms with Gasteiger partial charge < -0.3 is 5.11 Å². The fraction of sp³-hybridized carbons (Fsp3) is 0.538. The summed E-state index contributed by atoms with van der Waals surface area (Å²) in [7, 11) is 1.91. The van der Waals surface area contributed by atoms with Crippen molar-refractivity contribution >= 4 is 15.9 Å². The number of aliphatic hydroxyl groups is 1. The van der Waals surface area contributed by atoms with Gasteiger partial charge >= 0.3 is 0 Å². The van der Waals surface area contributed by atoms with Crippen molar-refractivity contribution in [3.05, 3.63) is 33.8 Å². The molecule has 0 bridgehead atoms. The van der Waals surface area contributed by atoms with Crippen molar-refractivity contribution in [3.63, 3.8) is 0 Å². The summed E-state index contributed by atoms with van der Waals surface area (Å²) in [5.41, 5.74) is 2.87. The Bertz CT molecular complexity index is 561. The molecular weight excluding hydrogens is 308 g/mol. The van der Waals surface area contributed by atoms with Gasteiger partial charge in [0.15, 0.2) is 0 Å². The summed E-state index contributed by atoms with van der Waals surface area (Å²) in [6.45, 7) is 4.84. The van der Waals surface area contributed by atoms with Crippen molar-refractivity contribution in [1.29, 1.82) is 0 Å². The van der Waals surface area contributed by atoms with E-state index in [0.29, 0.717) is 6.42 Å². The molecule has 0 aromatic carbocycles. The van der Waals surface area contributed by atoms with Crippen LogP contribution in [0.25, 0.3) is 0 Å². The van der Waals surface area contributed by atoms with Crippen molar-refractivity contribution in [2.45, 2.75) is 39.3 Å². The highest BCUT2D eigenvalue weighted by Crippen LogP contribution is 2.26. The van der Waals surface area contributed by atoms with Gasteiger partial charge in [-0.15, -0.1) is 0 Å². The second-order valence-electron chi connectivity index (χ2n) is 4.48. The van der Waals surface area contributed by atoms with Gasteiger partial charge in [-0.05, 0) is 35.3 Å². The minimum absolute atomic E-state index is 0.524. The number of rotatable bonds is 5. The van der Waals surface area contributed by atoms with Gasteiger partial charge in [0, 0.05) is 26.2 Å². The fourth-order valence-corrected chi connectivity index (χ4v) is 3.00. The average Bonchev–Trinajstić information content (AvgIpc) is 2.97. The zero-order valence-electron chi connectivity index (χ0n) is 11.5. The Morgan fingerprint density at radius 1 is 1.42 bits per heavy atom. The summed E-state index contributed by atoms with van der Waals surface area (Å²) < 4.78 is 4.65. The Hall–Kier alpha value is -1.14. The molecule has 1 atom stereocenters. The number of aryl methyl sites for hydroxylation is 3. The Morgan fingerprint density at radius 2 is 2.16 bits per heavy atom. The second kappa shape index (κ2) is 5.88. The highest BCUT2D eigenvalue weighted by atomic mass is 79.9. The topological polar surface area (TPSA) is 55.9 Å². The minimum atomic E-state index is -0.571. The van der Waals surface area contributed by atoms with Gasteiger partial charge in [0.2, 0.25) is 0 Å². The van der Waals surface area contributed by atoms with Crippen LogP contribution in [-0.2, 0) is 26.4 Å². The molecule has 0 aliphatic rings. The molecule has 5 nitrogen and oxygen atoms in total. The fourth-order valence-electron chi connectivity index (χ4n) is 2.22. The standard InChI is InChI=1S/C13H19BrN4O/c1-4-9-13(14)11(17(3)16-9)8-12(19)10-6-7-15-18(10)5-2/h6-7,12,19H,4-5,8H2,1-3H3. The number of halogens is 1. The zero-order valence-corrected chi connectivity index (χ0v) is 13.1. The molecule has 1 N–H and O–H groups in total. The molecule has 0 spiro atoms. The van der Waals surface area contributed by atoms with Crippen LogP contribution in [0.5, 0.6) is 0 Å². The predicted molar refractivity (Wildman–Crippen MR) is 76.9 cm³/mol. The van der Waals surface area contributed by atoms with Crippen LogP contribution in [0, 0.1) is 0 Å². The van der Waals surface area contributed by atoms with E-state index in [2.05, 4.69) is 33.1 Å². The third kappa shape index (κ3) is 2.74. The number of hydrogen-bond donors (Lipinski definition) is 1. The molecule has 0 fully saturated rings. The molecule has 0 saturated heterocycles. The van der Waals surface area contributed by atoms with Crippen LogP contribution >= 0.6 is 15.9 Å². The van der Waals surface area contributed by atoms with Crippen molar-refractivity contribution < 1.29 is 5.11 Å². The monoisotopic (exact) mass is 326 g/mol. The van der Waals surface area contributed by atoms with Crippen LogP contribution in [-0.4, -0.2) is 24.7 Å². The quantitative estimate of drug-likeness (QED) is 0.916. The molecule has 0 radical (unpaired) electrons. The largest absolute Gasteiger partial charge is 0.386 e. The molecule has 104 valence electrons. The van der Waals surface area contributed by atoms with Gasteiger partial charge in [-0.2, -0.15) is 10.2 Å². The van der Waals surface area contributed by atoms with Crippen molar-refractivity contribution in [2.24, 2.45) is 7.05 Å². The van der Waals surface area contributed by atoms with Gasteiger partial charge in [0.25, 0.3) is 0 Å². The zero-order chi connectivity index (χ0) is 14.0. The van der Waals surface area contributed by atoms with Gasteiger partial charge in [-0.3, -0.25) is 9.36 Å². The van der Waals surface area contributed by atoms with E-state index >= 15 is 0 Å². The molecule has 1 unspecified atom stereocenters. The Kier molecular flexibility index (Phi) is 4.42. The molecule has 2 rings (SSSR count). The highest BCUT2D eigenvalue weighted by Gasteiger charge is 2.19. The number of hydrogen-bond acceptors (Lipinski definition) is 3. The lowest BCUT2D eigenvalue weighted by atomic mass is 10.1. The number of aliphatic hydroxyl groups excluding tert-OH is 1. The van der Waals surface area contributed by atoms with Crippen LogP contribution in [0.4, 0.5) is 0 Å². The summed E-state index contributed by atoms with van der Waals surface area (Å²) in [5, 5.41) is 19.0. The molecule has 2 aromatic rings. The molecular formula is C13H19BrN4O.